The van der Waals surface area contributed by atoms with E-state index in [0.29, 0.717) is 17.9 Å². The van der Waals surface area contributed by atoms with Crippen molar-refractivity contribution in [1.29, 1.82) is 5.26 Å². The van der Waals surface area contributed by atoms with Crippen LogP contribution in [0.5, 0.6) is 5.75 Å². The van der Waals surface area contributed by atoms with Gasteiger partial charge < -0.3 is 4.74 Å². The van der Waals surface area contributed by atoms with Gasteiger partial charge in [-0.15, -0.1) is 0 Å². The van der Waals surface area contributed by atoms with Gasteiger partial charge in [0.25, 0.3) is 5.69 Å². The maximum Gasteiger partial charge on any atom is 0.270 e. The van der Waals surface area contributed by atoms with Gasteiger partial charge in [0, 0.05) is 12.1 Å². The number of nitro groups is 1. The number of nitriles is 1. The molecule has 3 aromatic rings. The zero-order chi connectivity index (χ0) is 19.9. The van der Waals surface area contributed by atoms with Crippen LogP contribution in [0.1, 0.15) is 22.3 Å². The van der Waals surface area contributed by atoms with Gasteiger partial charge >= 0.3 is 0 Å². The number of ether oxygens (including phenoxy) is 1. The summed E-state index contributed by atoms with van der Waals surface area (Å²) in [5.74, 6) is 0.391. The Labute approximate surface area is 161 Å². The van der Waals surface area contributed by atoms with Crippen LogP contribution in [0, 0.1) is 27.3 Å². The molecule has 0 atom stereocenters. The lowest BCUT2D eigenvalue weighted by atomic mass is 10.1. The Morgan fingerprint density at radius 3 is 2.39 bits per heavy atom. The third-order valence-corrected chi connectivity index (χ3v) is 4.02. The quantitative estimate of drug-likeness (QED) is 0.331. The second-order valence-corrected chi connectivity index (χ2v) is 5.96. The van der Waals surface area contributed by atoms with Gasteiger partial charge in [-0.05, 0) is 47.0 Å². The van der Waals surface area contributed by atoms with Crippen LogP contribution in [0.2, 0.25) is 0 Å². The molecule has 0 saturated heterocycles. The van der Waals surface area contributed by atoms with E-state index in [4.69, 9.17) is 4.74 Å². The first-order valence-electron chi connectivity index (χ1n) is 8.39. The summed E-state index contributed by atoms with van der Waals surface area (Å²) in [7, 11) is 0. The molecule has 28 heavy (non-hydrogen) atoms. The van der Waals surface area contributed by atoms with Crippen molar-refractivity contribution < 1.29 is 14.1 Å². The molecule has 0 radical (unpaired) electrons. The molecule has 3 aromatic carbocycles. The average molecular weight is 374 g/mol. The van der Waals surface area contributed by atoms with Crippen molar-refractivity contribution in [3.63, 3.8) is 0 Å². The van der Waals surface area contributed by atoms with Gasteiger partial charge in [-0.25, -0.2) is 4.39 Å². The van der Waals surface area contributed by atoms with Gasteiger partial charge in [0.15, 0.2) is 0 Å². The lowest BCUT2D eigenvalue weighted by Gasteiger charge is -2.06. The minimum atomic E-state index is -0.529. The monoisotopic (exact) mass is 374 g/mol. The van der Waals surface area contributed by atoms with Crippen LogP contribution in [-0.4, -0.2) is 4.92 Å². The number of nitro benzene ring substituents is 1. The second kappa shape index (κ2) is 8.60. The van der Waals surface area contributed by atoms with E-state index in [2.05, 4.69) is 0 Å². The third kappa shape index (κ3) is 4.80. The Kier molecular flexibility index (Phi) is 5.78. The molecule has 0 unspecified atom stereocenters. The van der Waals surface area contributed by atoms with E-state index in [1.165, 1.54) is 24.3 Å². The second-order valence-electron chi connectivity index (χ2n) is 5.96. The Morgan fingerprint density at radius 2 is 1.75 bits per heavy atom. The topological polar surface area (TPSA) is 76.2 Å². The molecule has 0 spiro atoms. The van der Waals surface area contributed by atoms with Crippen molar-refractivity contribution >= 4 is 17.8 Å². The van der Waals surface area contributed by atoms with Crippen LogP contribution in [0.25, 0.3) is 12.2 Å². The van der Waals surface area contributed by atoms with Crippen molar-refractivity contribution in [2.45, 2.75) is 6.61 Å². The van der Waals surface area contributed by atoms with Crippen molar-refractivity contribution in [2.75, 3.05) is 0 Å². The SMILES string of the molecule is N#Cc1cc([N+](=O)[O-])ccc1C=Cc1ccc(OCc2ccc(F)cc2)cc1. The molecule has 0 aliphatic heterocycles. The van der Waals surface area contributed by atoms with E-state index in [1.807, 2.05) is 36.4 Å². The van der Waals surface area contributed by atoms with E-state index in [0.717, 1.165) is 11.1 Å². The van der Waals surface area contributed by atoms with Crippen molar-refractivity contribution in [1.82, 2.24) is 0 Å². The summed E-state index contributed by atoms with van der Waals surface area (Å²) in [5.41, 5.74) is 2.48. The number of nitrogens with zero attached hydrogens (tertiary/aromatic N) is 2. The minimum Gasteiger partial charge on any atom is -0.489 e. The molecule has 0 saturated carbocycles. The first-order valence-corrected chi connectivity index (χ1v) is 8.39. The van der Waals surface area contributed by atoms with E-state index >= 15 is 0 Å². The lowest BCUT2D eigenvalue weighted by molar-refractivity contribution is -0.384. The maximum atomic E-state index is 12.9. The normalized spacial score (nSPS) is 10.6. The van der Waals surface area contributed by atoms with Gasteiger partial charge in [0.2, 0.25) is 0 Å². The first-order chi connectivity index (χ1) is 13.5. The van der Waals surface area contributed by atoms with Gasteiger partial charge in [0.05, 0.1) is 10.5 Å². The Morgan fingerprint density at radius 1 is 1.04 bits per heavy atom. The number of halogens is 1. The molecule has 0 bridgehead atoms. The largest absolute Gasteiger partial charge is 0.489 e. The first kappa shape index (κ1) is 18.8. The zero-order valence-electron chi connectivity index (χ0n) is 14.7. The summed E-state index contributed by atoms with van der Waals surface area (Å²) in [4.78, 5) is 10.3. The van der Waals surface area contributed by atoms with Crippen LogP contribution in [0.3, 0.4) is 0 Å². The van der Waals surface area contributed by atoms with Crippen LogP contribution in [0.4, 0.5) is 10.1 Å². The van der Waals surface area contributed by atoms with E-state index in [1.54, 1.807) is 24.3 Å². The lowest BCUT2D eigenvalue weighted by Crippen LogP contribution is -1.95. The zero-order valence-corrected chi connectivity index (χ0v) is 14.7. The molecule has 0 aliphatic carbocycles. The van der Waals surface area contributed by atoms with Crippen LogP contribution >= 0.6 is 0 Å². The molecule has 3 rings (SSSR count). The fraction of sp³-hybridized carbons (Fsp3) is 0.0455. The predicted molar refractivity (Wildman–Crippen MR) is 104 cm³/mol. The van der Waals surface area contributed by atoms with Crippen molar-refractivity contribution in [3.8, 4) is 11.8 Å². The summed E-state index contributed by atoms with van der Waals surface area (Å²) >= 11 is 0. The van der Waals surface area contributed by atoms with Crippen LogP contribution in [0.15, 0.2) is 66.7 Å². The molecular formula is C22H15FN2O3. The van der Waals surface area contributed by atoms with Gasteiger partial charge in [-0.2, -0.15) is 5.26 Å². The van der Waals surface area contributed by atoms with E-state index in [-0.39, 0.29) is 17.1 Å². The average Bonchev–Trinajstić information content (AvgIpc) is 2.72. The number of benzene rings is 3. The summed E-state index contributed by atoms with van der Waals surface area (Å²) in [6.07, 6.45) is 3.54. The maximum absolute atomic E-state index is 12.9. The minimum absolute atomic E-state index is 0.114. The van der Waals surface area contributed by atoms with Gasteiger partial charge in [-0.3, -0.25) is 10.1 Å². The number of rotatable bonds is 6. The fourth-order valence-electron chi connectivity index (χ4n) is 2.51. The Balaban J connectivity index is 1.66. The van der Waals surface area contributed by atoms with Crippen LogP contribution in [-0.2, 0) is 6.61 Å². The predicted octanol–water partition coefficient (Wildman–Crippen LogP) is 5.35. The molecule has 6 heteroatoms. The van der Waals surface area contributed by atoms with Gasteiger partial charge in [-0.1, -0.05) is 36.4 Å². The van der Waals surface area contributed by atoms with Gasteiger partial charge in [0.1, 0.15) is 24.2 Å². The molecule has 0 N–H and O–H groups in total. The Bertz CT molecular complexity index is 1050. The highest BCUT2D eigenvalue weighted by Gasteiger charge is 2.08. The van der Waals surface area contributed by atoms with Crippen LogP contribution < -0.4 is 4.74 Å². The standard InChI is InChI=1S/C22H15FN2O3/c23-20-8-2-17(3-9-20)15-28-22-11-4-16(5-12-22)1-6-18-7-10-21(25(26)27)13-19(18)14-24/h1-13H,15H2. The third-order valence-electron chi connectivity index (χ3n) is 4.02. The molecule has 0 amide bonds. The molecule has 138 valence electrons. The summed E-state index contributed by atoms with van der Waals surface area (Å²) < 4.78 is 18.6. The summed E-state index contributed by atoms with van der Waals surface area (Å²) in [5, 5.41) is 20.0. The summed E-state index contributed by atoms with van der Waals surface area (Å²) in [6.45, 7) is 0.337. The molecule has 0 heterocycles. The molecular weight excluding hydrogens is 359 g/mol. The highest BCUT2D eigenvalue weighted by Crippen LogP contribution is 2.20. The highest BCUT2D eigenvalue weighted by atomic mass is 19.1. The Hall–Kier alpha value is -3.98. The molecule has 0 fully saturated rings. The number of hydrogen-bond acceptors (Lipinski definition) is 4. The molecule has 5 nitrogen and oxygen atoms in total. The summed E-state index contributed by atoms with van der Waals surface area (Å²) in [6, 6.07) is 19.6. The smallest absolute Gasteiger partial charge is 0.270 e. The van der Waals surface area contributed by atoms with E-state index < -0.39 is 4.92 Å². The van der Waals surface area contributed by atoms with Crippen molar-refractivity contribution in [3.05, 3.63) is 105 Å². The van der Waals surface area contributed by atoms with E-state index in [9.17, 15) is 19.8 Å². The number of non-ortho nitro benzene ring substituents is 1. The number of hydrogen-bond donors (Lipinski definition) is 0. The molecule has 0 aromatic heterocycles. The highest BCUT2D eigenvalue weighted by molar-refractivity contribution is 5.73. The fourth-order valence-corrected chi connectivity index (χ4v) is 2.51. The van der Waals surface area contributed by atoms with Crippen molar-refractivity contribution in [2.24, 2.45) is 0 Å². The molecule has 0 aliphatic rings.